The third kappa shape index (κ3) is 3.21. The number of nitrogens with zero attached hydrogens (tertiary/aromatic N) is 3. The summed E-state index contributed by atoms with van der Waals surface area (Å²) in [5.74, 6) is -1.05. The monoisotopic (exact) mass is 401 g/mol. The summed E-state index contributed by atoms with van der Waals surface area (Å²) in [6.07, 6.45) is 0. The Kier molecular flexibility index (Phi) is 4.74. The molecule has 2 heterocycles. The van der Waals surface area contributed by atoms with Crippen LogP contribution in [0.4, 0.5) is 11.4 Å². The number of piperazine rings is 1. The Labute approximate surface area is 166 Å². The number of amides is 2. The summed E-state index contributed by atoms with van der Waals surface area (Å²) in [5.41, 5.74) is 0.729. The Bertz CT molecular complexity index is 972. The van der Waals surface area contributed by atoms with Crippen molar-refractivity contribution in [3.05, 3.63) is 68.7 Å². The van der Waals surface area contributed by atoms with Gasteiger partial charge in [0.1, 0.15) is 5.56 Å². The lowest BCUT2D eigenvalue weighted by Crippen LogP contribution is -3.16. The van der Waals surface area contributed by atoms with Crippen LogP contribution in [0.5, 0.6) is 0 Å². The molecule has 0 radical (unpaired) electrons. The van der Waals surface area contributed by atoms with Gasteiger partial charge in [0.15, 0.2) is 6.67 Å². The van der Waals surface area contributed by atoms with Gasteiger partial charge in [-0.15, -0.1) is 0 Å². The van der Waals surface area contributed by atoms with Crippen molar-refractivity contribution in [1.29, 1.82) is 0 Å². The molecule has 9 heteroatoms. The molecule has 2 amide bonds. The lowest BCUT2D eigenvalue weighted by molar-refractivity contribution is -0.907. The van der Waals surface area contributed by atoms with Crippen LogP contribution in [0.2, 0.25) is 5.02 Å². The van der Waals surface area contributed by atoms with E-state index in [1.54, 1.807) is 0 Å². The number of carbonyl (C=O) groups is 2. The summed E-state index contributed by atoms with van der Waals surface area (Å²) in [6, 6.07) is 11.8. The molecule has 0 aromatic heterocycles. The zero-order valence-corrected chi connectivity index (χ0v) is 15.7. The number of halogens is 1. The number of hydrogen-bond donors (Lipinski definition) is 1. The number of nitrogens with one attached hydrogen (secondary N) is 1. The summed E-state index contributed by atoms with van der Waals surface area (Å²) in [7, 11) is 0. The van der Waals surface area contributed by atoms with Crippen molar-refractivity contribution in [2.45, 2.75) is 0 Å². The predicted molar refractivity (Wildman–Crippen MR) is 103 cm³/mol. The first kappa shape index (κ1) is 18.4. The standard InChI is InChI=1S/C19H17ClN4O4/c20-13-3-1-4-14(11-13)22-9-7-21(8-10-22)12-23-18(25)15-5-2-6-16(24(27)28)17(15)19(23)26/h1-6,11H,7-10,12H2/p+1. The zero-order valence-electron chi connectivity index (χ0n) is 14.9. The van der Waals surface area contributed by atoms with Crippen molar-refractivity contribution in [1.82, 2.24) is 4.90 Å². The van der Waals surface area contributed by atoms with Crippen LogP contribution in [0.25, 0.3) is 0 Å². The maximum Gasteiger partial charge on any atom is 0.282 e. The van der Waals surface area contributed by atoms with E-state index in [0.717, 1.165) is 41.7 Å². The van der Waals surface area contributed by atoms with Crippen molar-refractivity contribution in [2.24, 2.45) is 0 Å². The molecule has 1 saturated heterocycles. The molecule has 1 fully saturated rings. The van der Waals surface area contributed by atoms with E-state index in [4.69, 9.17) is 11.6 Å². The van der Waals surface area contributed by atoms with Crippen LogP contribution >= 0.6 is 11.6 Å². The number of fused-ring (bicyclic) bond motifs is 1. The van der Waals surface area contributed by atoms with Crippen LogP contribution in [0.15, 0.2) is 42.5 Å². The fourth-order valence-corrected chi connectivity index (χ4v) is 3.93. The van der Waals surface area contributed by atoms with E-state index in [0.29, 0.717) is 5.02 Å². The Hall–Kier alpha value is -2.97. The molecule has 4 rings (SSSR count). The molecule has 0 spiro atoms. The first-order chi connectivity index (χ1) is 13.5. The van der Waals surface area contributed by atoms with Crippen LogP contribution in [0, 0.1) is 10.1 Å². The molecule has 28 heavy (non-hydrogen) atoms. The highest BCUT2D eigenvalue weighted by molar-refractivity contribution is 6.30. The zero-order chi connectivity index (χ0) is 19.8. The van der Waals surface area contributed by atoms with E-state index in [9.17, 15) is 19.7 Å². The fourth-order valence-electron chi connectivity index (χ4n) is 3.75. The second-order valence-corrected chi connectivity index (χ2v) is 7.31. The molecule has 2 aromatic carbocycles. The molecule has 0 atom stereocenters. The van der Waals surface area contributed by atoms with Crippen LogP contribution in [-0.2, 0) is 0 Å². The lowest BCUT2D eigenvalue weighted by atomic mass is 10.1. The molecule has 8 nitrogen and oxygen atoms in total. The summed E-state index contributed by atoms with van der Waals surface area (Å²) in [6.45, 7) is 3.20. The summed E-state index contributed by atoms with van der Waals surface area (Å²) < 4.78 is 0. The molecule has 0 aliphatic carbocycles. The minimum Gasteiger partial charge on any atom is -0.360 e. The average Bonchev–Trinajstić information content (AvgIpc) is 2.93. The van der Waals surface area contributed by atoms with Gasteiger partial charge in [0.25, 0.3) is 17.5 Å². The predicted octanol–water partition coefficient (Wildman–Crippen LogP) is 1.21. The number of imide groups is 1. The van der Waals surface area contributed by atoms with Gasteiger partial charge in [0.05, 0.1) is 36.7 Å². The van der Waals surface area contributed by atoms with Crippen LogP contribution in [0.1, 0.15) is 20.7 Å². The van der Waals surface area contributed by atoms with Gasteiger partial charge in [-0.3, -0.25) is 19.7 Å². The highest BCUT2D eigenvalue weighted by Crippen LogP contribution is 2.30. The second kappa shape index (κ2) is 7.21. The van der Waals surface area contributed by atoms with Gasteiger partial charge >= 0.3 is 0 Å². The third-order valence-electron chi connectivity index (χ3n) is 5.20. The Balaban J connectivity index is 1.45. The molecular weight excluding hydrogens is 384 g/mol. The molecule has 0 unspecified atom stereocenters. The quantitative estimate of drug-likeness (QED) is 0.472. The molecule has 2 aliphatic rings. The van der Waals surface area contributed by atoms with E-state index >= 15 is 0 Å². The summed E-state index contributed by atoms with van der Waals surface area (Å²) in [4.78, 5) is 40.3. The number of nitro groups is 1. The van der Waals surface area contributed by atoms with Gasteiger partial charge in [-0.2, -0.15) is 0 Å². The molecular formula is C19H18ClN4O4+. The summed E-state index contributed by atoms with van der Waals surface area (Å²) >= 11 is 6.06. The third-order valence-corrected chi connectivity index (χ3v) is 5.43. The van der Waals surface area contributed by atoms with Gasteiger partial charge in [-0.05, 0) is 24.3 Å². The maximum atomic E-state index is 12.7. The number of anilines is 1. The minimum absolute atomic E-state index is 0.102. The number of carbonyl (C=O) groups excluding carboxylic acids is 2. The number of quaternary nitrogens is 1. The number of hydrogen-bond acceptors (Lipinski definition) is 5. The lowest BCUT2D eigenvalue weighted by Gasteiger charge is -2.34. The van der Waals surface area contributed by atoms with Crippen molar-refractivity contribution in [3.63, 3.8) is 0 Å². The van der Waals surface area contributed by atoms with E-state index in [-0.39, 0.29) is 23.5 Å². The molecule has 0 saturated carbocycles. The average molecular weight is 402 g/mol. The number of nitro benzene ring substituents is 1. The fraction of sp³-hybridized carbons (Fsp3) is 0.263. The largest absolute Gasteiger partial charge is 0.360 e. The van der Waals surface area contributed by atoms with Crippen molar-refractivity contribution in [2.75, 3.05) is 37.7 Å². The van der Waals surface area contributed by atoms with E-state index in [1.165, 1.54) is 18.2 Å². The normalized spacial score (nSPS) is 17.2. The highest BCUT2D eigenvalue weighted by atomic mass is 35.5. The van der Waals surface area contributed by atoms with E-state index < -0.39 is 16.7 Å². The smallest absolute Gasteiger partial charge is 0.282 e. The van der Waals surface area contributed by atoms with Gasteiger partial charge in [0, 0.05) is 16.8 Å². The van der Waals surface area contributed by atoms with Gasteiger partial charge in [-0.1, -0.05) is 23.7 Å². The van der Waals surface area contributed by atoms with E-state index in [2.05, 4.69) is 4.90 Å². The Morgan fingerprint density at radius 2 is 1.79 bits per heavy atom. The maximum absolute atomic E-state index is 12.7. The van der Waals surface area contributed by atoms with Crippen molar-refractivity contribution < 1.29 is 19.4 Å². The molecule has 2 aromatic rings. The molecule has 0 bridgehead atoms. The first-order valence-electron chi connectivity index (χ1n) is 8.93. The van der Waals surface area contributed by atoms with Crippen LogP contribution < -0.4 is 9.80 Å². The van der Waals surface area contributed by atoms with Crippen molar-refractivity contribution in [3.8, 4) is 0 Å². The molecule has 2 aliphatic heterocycles. The molecule has 144 valence electrons. The second-order valence-electron chi connectivity index (χ2n) is 6.87. The SMILES string of the molecule is O=C1c2cccc([N+](=O)[O-])c2C(=O)N1C[NH+]1CCN(c2cccc(Cl)c2)CC1. The van der Waals surface area contributed by atoms with E-state index in [1.807, 2.05) is 24.3 Å². The van der Waals surface area contributed by atoms with Gasteiger partial charge in [0.2, 0.25) is 0 Å². The molecule has 1 N–H and O–H groups in total. The highest BCUT2D eigenvalue weighted by Gasteiger charge is 2.42. The Morgan fingerprint density at radius 3 is 2.46 bits per heavy atom. The van der Waals surface area contributed by atoms with Gasteiger partial charge < -0.3 is 9.80 Å². The summed E-state index contributed by atoms with van der Waals surface area (Å²) in [5, 5.41) is 11.9. The van der Waals surface area contributed by atoms with Crippen LogP contribution in [-0.4, -0.2) is 54.5 Å². The topological polar surface area (TPSA) is 88.2 Å². The van der Waals surface area contributed by atoms with Crippen molar-refractivity contribution >= 4 is 34.8 Å². The Morgan fingerprint density at radius 1 is 1.07 bits per heavy atom. The minimum atomic E-state index is -0.621. The first-order valence-corrected chi connectivity index (χ1v) is 9.31. The van der Waals surface area contributed by atoms with Crippen LogP contribution in [0.3, 0.4) is 0 Å². The van der Waals surface area contributed by atoms with Gasteiger partial charge in [-0.25, -0.2) is 4.90 Å². The number of benzene rings is 2. The number of rotatable bonds is 4.